The largest absolute Gasteiger partial charge is 0.378 e. The molecule has 2 N–H and O–H groups in total. The lowest BCUT2D eigenvalue weighted by Gasteiger charge is -2.29. The number of ether oxygens (including phenoxy) is 2. The van der Waals surface area contributed by atoms with E-state index in [1.807, 2.05) is 42.5 Å². The van der Waals surface area contributed by atoms with Crippen LogP contribution in [0.1, 0.15) is 35.1 Å². The van der Waals surface area contributed by atoms with Crippen molar-refractivity contribution < 1.29 is 9.47 Å². The molecular formula is C39H40ClN7O2. The second-order valence-corrected chi connectivity index (χ2v) is 12.8. The van der Waals surface area contributed by atoms with Crippen LogP contribution in [0, 0.1) is 0 Å². The molecule has 8 rings (SSSR count). The fourth-order valence-corrected chi connectivity index (χ4v) is 6.61. The quantitative estimate of drug-likeness (QED) is 0.190. The first-order chi connectivity index (χ1) is 24.0. The summed E-state index contributed by atoms with van der Waals surface area (Å²) < 4.78 is 10.9. The zero-order valence-electron chi connectivity index (χ0n) is 27.5. The second kappa shape index (κ2) is 14.7. The van der Waals surface area contributed by atoms with Crippen LogP contribution < -0.4 is 15.5 Å². The highest BCUT2D eigenvalue weighted by Gasteiger charge is 2.46. The normalized spacial score (nSPS) is 16.8. The maximum Gasteiger partial charge on any atom is 0.219 e. The van der Waals surface area contributed by atoms with Crippen LogP contribution in [0.15, 0.2) is 104 Å². The van der Waals surface area contributed by atoms with Crippen LogP contribution in [0.4, 0.5) is 17.6 Å². The molecule has 5 aromatic rings. The molecule has 250 valence electrons. The van der Waals surface area contributed by atoms with Gasteiger partial charge in [0.2, 0.25) is 5.95 Å². The summed E-state index contributed by atoms with van der Waals surface area (Å²) in [4.78, 5) is 22.2. The SMILES string of the molecule is C=C(c1ccccc1)c1cc(Cl)nc(N2CCOCC2)c1.Nc1ncc(-c2cc(C3(c4ccccc4)CC3)cc(N3CCOCC3)n2)cn1. The molecule has 2 saturated heterocycles. The predicted molar refractivity (Wildman–Crippen MR) is 196 cm³/mol. The number of benzene rings is 2. The third-order valence-electron chi connectivity index (χ3n) is 9.33. The van der Waals surface area contributed by atoms with Crippen molar-refractivity contribution in [2.75, 3.05) is 68.1 Å². The maximum atomic E-state index is 6.19. The fraction of sp³-hybridized carbons (Fsp3) is 0.282. The van der Waals surface area contributed by atoms with Gasteiger partial charge in [-0.25, -0.2) is 19.9 Å². The standard InChI is InChI=1S/C22H23N5O.C17H17ClN2O/c23-21-24-14-16(15-25-21)19-12-18(13-20(26-19)27-8-10-28-11-9-27)22(6-7-22)17-4-2-1-3-5-17;1-13(14-5-3-2-4-6-14)15-11-16(18)19-17(12-15)20-7-9-21-10-8-20/h1-5,12-15H,6-11H2,(H2,23,24,25);2-6,11-12H,1,7-10H2. The first-order valence-electron chi connectivity index (χ1n) is 16.7. The summed E-state index contributed by atoms with van der Waals surface area (Å²) in [7, 11) is 0. The minimum absolute atomic E-state index is 0.0780. The van der Waals surface area contributed by atoms with Crippen molar-refractivity contribution >= 4 is 34.8 Å². The van der Waals surface area contributed by atoms with E-state index < -0.39 is 0 Å². The monoisotopic (exact) mass is 673 g/mol. The van der Waals surface area contributed by atoms with Crippen molar-refractivity contribution in [3.8, 4) is 11.3 Å². The van der Waals surface area contributed by atoms with E-state index in [4.69, 9.17) is 31.8 Å². The number of nitrogens with zero attached hydrogens (tertiary/aromatic N) is 6. The summed E-state index contributed by atoms with van der Waals surface area (Å²) in [5.74, 6) is 2.16. The van der Waals surface area contributed by atoms with Crippen LogP contribution in [0.25, 0.3) is 16.8 Å². The van der Waals surface area contributed by atoms with Gasteiger partial charge in [0.25, 0.3) is 0 Å². The Hall–Kier alpha value is -4.83. The predicted octanol–water partition coefficient (Wildman–Crippen LogP) is 6.67. The molecule has 0 bridgehead atoms. The average Bonchev–Trinajstić information content (AvgIpc) is 3.99. The van der Waals surface area contributed by atoms with Gasteiger partial charge in [-0.05, 0) is 64.9 Å². The van der Waals surface area contributed by atoms with Gasteiger partial charge in [-0.15, -0.1) is 0 Å². The number of pyridine rings is 2. The molecule has 0 atom stereocenters. The third kappa shape index (κ3) is 7.59. The first kappa shape index (κ1) is 32.7. The Bertz CT molecular complexity index is 1870. The smallest absolute Gasteiger partial charge is 0.219 e. The Kier molecular flexibility index (Phi) is 9.84. The molecule has 10 heteroatoms. The topological polar surface area (TPSA) is 103 Å². The average molecular weight is 674 g/mol. The van der Waals surface area contributed by atoms with Crippen molar-refractivity contribution in [2.24, 2.45) is 0 Å². The van der Waals surface area contributed by atoms with E-state index in [2.05, 4.69) is 73.8 Å². The summed E-state index contributed by atoms with van der Waals surface area (Å²) >= 11 is 6.19. The zero-order valence-corrected chi connectivity index (χ0v) is 28.2. The number of hydrogen-bond acceptors (Lipinski definition) is 9. The van der Waals surface area contributed by atoms with Crippen LogP contribution in [0.2, 0.25) is 5.15 Å². The second-order valence-electron chi connectivity index (χ2n) is 12.5. The molecule has 0 radical (unpaired) electrons. The molecule has 5 heterocycles. The number of halogens is 1. The fourth-order valence-electron chi connectivity index (χ4n) is 6.41. The van der Waals surface area contributed by atoms with E-state index in [0.29, 0.717) is 5.15 Å². The van der Waals surface area contributed by atoms with Crippen molar-refractivity contribution in [2.45, 2.75) is 18.3 Å². The molecule has 3 aliphatic rings. The van der Waals surface area contributed by atoms with E-state index >= 15 is 0 Å². The van der Waals surface area contributed by atoms with Crippen molar-refractivity contribution in [3.63, 3.8) is 0 Å². The van der Waals surface area contributed by atoms with Crippen LogP contribution >= 0.6 is 11.6 Å². The van der Waals surface area contributed by atoms with Gasteiger partial charge in [-0.2, -0.15) is 0 Å². The van der Waals surface area contributed by atoms with Gasteiger partial charge in [-0.3, -0.25) is 0 Å². The van der Waals surface area contributed by atoms with Crippen LogP contribution in [-0.2, 0) is 14.9 Å². The molecule has 1 saturated carbocycles. The van der Waals surface area contributed by atoms with Crippen molar-refractivity contribution in [3.05, 3.63) is 131 Å². The molecule has 2 aromatic carbocycles. The lowest BCUT2D eigenvalue weighted by Crippen LogP contribution is -2.37. The molecule has 0 unspecified atom stereocenters. The number of nitrogen functional groups attached to an aromatic ring is 1. The highest BCUT2D eigenvalue weighted by molar-refractivity contribution is 6.29. The Labute approximate surface area is 292 Å². The number of aromatic nitrogens is 4. The summed E-state index contributed by atoms with van der Waals surface area (Å²) in [6.07, 6.45) is 5.81. The van der Waals surface area contributed by atoms with Gasteiger partial charge < -0.3 is 25.0 Å². The Morgan fingerprint density at radius 2 is 1.27 bits per heavy atom. The van der Waals surface area contributed by atoms with Crippen LogP contribution in [0.5, 0.6) is 0 Å². The highest BCUT2D eigenvalue weighted by Crippen LogP contribution is 2.54. The van der Waals surface area contributed by atoms with Gasteiger partial charge >= 0.3 is 0 Å². The first-order valence-corrected chi connectivity index (χ1v) is 17.1. The van der Waals surface area contributed by atoms with Crippen molar-refractivity contribution in [1.29, 1.82) is 0 Å². The minimum atomic E-state index is 0.0780. The van der Waals surface area contributed by atoms with Gasteiger partial charge in [0, 0.05) is 49.6 Å². The van der Waals surface area contributed by atoms with E-state index in [-0.39, 0.29) is 11.4 Å². The van der Waals surface area contributed by atoms with Gasteiger partial charge in [-0.1, -0.05) is 78.8 Å². The van der Waals surface area contributed by atoms with Gasteiger partial charge in [0.15, 0.2) is 0 Å². The number of rotatable bonds is 7. The molecular weight excluding hydrogens is 634 g/mol. The van der Waals surface area contributed by atoms with E-state index in [1.54, 1.807) is 12.4 Å². The van der Waals surface area contributed by atoms with E-state index in [1.165, 1.54) is 11.1 Å². The highest BCUT2D eigenvalue weighted by atomic mass is 35.5. The van der Waals surface area contributed by atoms with Gasteiger partial charge in [0.05, 0.1) is 32.1 Å². The minimum Gasteiger partial charge on any atom is -0.378 e. The number of hydrogen-bond donors (Lipinski definition) is 1. The Morgan fingerprint density at radius 3 is 1.86 bits per heavy atom. The molecule has 2 aliphatic heterocycles. The van der Waals surface area contributed by atoms with E-state index in [9.17, 15) is 0 Å². The molecule has 3 aromatic heterocycles. The maximum absolute atomic E-state index is 6.19. The Morgan fingerprint density at radius 1 is 0.694 bits per heavy atom. The molecule has 0 amide bonds. The number of morpholine rings is 2. The lowest BCUT2D eigenvalue weighted by atomic mass is 9.87. The summed E-state index contributed by atoms with van der Waals surface area (Å²) in [5.41, 5.74) is 13.2. The molecule has 49 heavy (non-hydrogen) atoms. The lowest BCUT2D eigenvalue weighted by molar-refractivity contribution is 0.122. The number of anilines is 3. The molecule has 9 nitrogen and oxygen atoms in total. The van der Waals surface area contributed by atoms with Gasteiger partial charge in [0.1, 0.15) is 16.8 Å². The third-order valence-corrected chi connectivity index (χ3v) is 9.52. The summed E-state index contributed by atoms with van der Waals surface area (Å²) in [6, 6.07) is 29.2. The zero-order chi connectivity index (χ0) is 33.6. The molecule has 3 fully saturated rings. The summed E-state index contributed by atoms with van der Waals surface area (Å²) in [5, 5.41) is 0.492. The molecule has 1 aliphatic carbocycles. The van der Waals surface area contributed by atoms with Crippen LogP contribution in [-0.4, -0.2) is 72.5 Å². The van der Waals surface area contributed by atoms with E-state index in [0.717, 1.165) is 105 Å². The van der Waals surface area contributed by atoms with Crippen LogP contribution in [0.3, 0.4) is 0 Å². The summed E-state index contributed by atoms with van der Waals surface area (Å²) in [6.45, 7) is 10.5. The molecule has 0 spiro atoms. The Balaban J connectivity index is 0.000000161. The van der Waals surface area contributed by atoms with Crippen molar-refractivity contribution in [1.82, 2.24) is 19.9 Å². The number of nitrogens with two attached hydrogens (primary N) is 1.